The van der Waals surface area contributed by atoms with Gasteiger partial charge in [-0.15, -0.1) is 11.3 Å². The fourth-order valence-electron chi connectivity index (χ4n) is 4.43. The van der Waals surface area contributed by atoms with Crippen molar-refractivity contribution in [3.8, 4) is 0 Å². The number of benzene rings is 1. The Bertz CT molecular complexity index is 1160. The molecule has 5 N–H and O–H groups in total. The lowest BCUT2D eigenvalue weighted by Gasteiger charge is -2.32. The zero-order valence-corrected chi connectivity index (χ0v) is 22.7. The lowest BCUT2D eigenvalue weighted by Crippen LogP contribution is -2.45. The predicted molar refractivity (Wildman–Crippen MR) is 154 cm³/mol. The minimum absolute atomic E-state index is 0.208. The minimum atomic E-state index is -0.320. The van der Waals surface area contributed by atoms with Crippen molar-refractivity contribution in [2.24, 2.45) is 0 Å². The van der Waals surface area contributed by atoms with Crippen molar-refractivity contribution >= 4 is 34.6 Å². The second-order valence-electron chi connectivity index (χ2n) is 9.65. The first-order valence-electron chi connectivity index (χ1n) is 13.1. The van der Waals surface area contributed by atoms with Crippen molar-refractivity contribution in [2.75, 3.05) is 57.4 Å². The highest BCUT2D eigenvalue weighted by Crippen LogP contribution is 2.24. The van der Waals surface area contributed by atoms with E-state index in [1.165, 1.54) is 16.9 Å². The van der Waals surface area contributed by atoms with Crippen molar-refractivity contribution in [1.82, 2.24) is 25.4 Å². The zero-order valence-electron chi connectivity index (χ0n) is 21.9. The van der Waals surface area contributed by atoms with Crippen LogP contribution in [-0.2, 0) is 6.42 Å². The molecule has 9 nitrogen and oxygen atoms in total. The molecule has 1 fully saturated rings. The number of thiophene rings is 1. The van der Waals surface area contributed by atoms with Crippen LogP contribution in [0.4, 0.5) is 16.2 Å². The fraction of sp³-hybridized carbons (Fsp3) is 0.393. The first-order valence-corrected chi connectivity index (χ1v) is 14.0. The van der Waals surface area contributed by atoms with E-state index in [4.69, 9.17) is 5.73 Å². The molecule has 0 saturated carbocycles. The number of rotatable bonds is 11. The maximum absolute atomic E-state index is 12.8. The van der Waals surface area contributed by atoms with Crippen LogP contribution in [0.1, 0.15) is 40.5 Å². The van der Waals surface area contributed by atoms with Crippen LogP contribution >= 0.6 is 11.3 Å². The first-order chi connectivity index (χ1) is 18.5. The molecule has 0 radical (unpaired) electrons. The number of amides is 3. The van der Waals surface area contributed by atoms with E-state index in [9.17, 15) is 9.59 Å². The van der Waals surface area contributed by atoms with E-state index in [-0.39, 0.29) is 18.0 Å². The summed E-state index contributed by atoms with van der Waals surface area (Å²) in [7, 11) is 2.15. The van der Waals surface area contributed by atoms with Gasteiger partial charge in [-0.1, -0.05) is 36.4 Å². The van der Waals surface area contributed by atoms with Gasteiger partial charge in [0.05, 0.1) is 17.4 Å². The molecule has 3 heterocycles. The van der Waals surface area contributed by atoms with Crippen LogP contribution < -0.4 is 21.7 Å². The van der Waals surface area contributed by atoms with Gasteiger partial charge in [0.1, 0.15) is 5.69 Å². The van der Waals surface area contributed by atoms with Crippen molar-refractivity contribution in [3.05, 3.63) is 76.2 Å². The van der Waals surface area contributed by atoms with E-state index in [1.807, 2.05) is 24.3 Å². The number of carbonyl (C=O) groups is 2. The smallest absolute Gasteiger partial charge is 0.315 e. The first kappa shape index (κ1) is 27.6. The molecular formula is C28H37N7O2S. The summed E-state index contributed by atoms with van der Waals surface area (Å²) in [5.41, 5.74) is 9.33. The lowest BCUT2D eigenvalue weighted by atomic mass is 10.0. The average molecular weight is 536 g/mol. The van der Waals surface area contributed by atoms with Crippen molar-refractivity contribution in [3.63, 3.8) is 0 Å². The van der Waals surface area contributed by atoms with E-state index in [0.717, 1.165) is 57.5 Å². The highest BCUT2D eigenvalue weighted by molar-refractivity contribution is 7.09. The third kappa shape index (κ3) is 8.27. The molecule has 0 bridgehead atoms. The van der Waals surface area contributed by atoms with Gasteiger partial charge >= 0.3 is 6.03 Å². The number of pyridine rings is 1. The Morgan fingerprint density at radius 1 is 1.08 bits per heavy atom. The van der Waals surface area contributed by atoms with Gasteiger partial charge in [-0.25, -0.2) is 4.79 Å². The molecule has 4 rings (SSSR count). The molecule has 0 aliphatic carbocycles. The number of nitrogen functional groups attached to an aromatic ring is 1. The van der Waals surface area contributed by atoms with Crippen LogP contribution in [0.5, 0.6) is 0 Å². The van der Waals surface area contributed by atoms with Gasteiger partial charge in [-0.05, 0) is 50.0 Å². The van der Waals surface area contributed by atoms with Crippen molar-refractivity contribution in [2.45, 2.75) is 25.3 Å². The van der Waals surface area contributed by atoms with Crippen molar-refractivity contribution < 1.29 is 9.59 Å². The van der Waals surface area contributed by atoms with Crippen LogP contribution in [-0.4, -0.2) is 73.0 Å². The molecule has 3 aromatic rings. The number of aromatic nitrogens is 1. The van der Waals surface area contributed by atoms with Crippen LogP contribution in [0.25, 0.3) is 0 Å². The number of anilines is 2. The molecule has 1 aromatic carbocycles. The summed E-state index contributed by atoms with van der Waals surface area (Å²) in [6, 6.07) is 13.2. The van der Waals surface area contributed by atoms with Gasteiger partial charge < -0.3 is 31.5 Å². The van der Waals surface area contributed by atoms with E-state index < -0.39 is 0 Å². The van der Waals surface area contributed by atoms with E-state index in [2.05, 4.69) is 49.9 Å². The van der Waals surface area contributed by atoms with Gasteiger partial charge in [0.15, 0.2) is 0 Å². The molecule has 1 atom stereocenters. The molecule has 1 saturated heterocycles. The molecular weight excluding hydrogens is 498 g/mol. The molecule has 1 aliphatic rings. The van der Waals surface area contributed by atoms with Gasteiger partial charge in [0.25, 0.3) is 5.91 Å². The normalized spacial score (nSPS) is 15.1. The molecule has 1 unspecified atom stereocenters. The number of likely N-dealkylation sites (N-methyl/N-ethyl adjacent to an activating group) is 1. The molecule has 10 heteroatoms. The summed E-state index contributed by atoms with van der Waals surface area (Å²) in [5, 5.41) is 12.5. The number of urea groups is 1. The number of nitrogens with two attached hydrogens (primary N) is 1. The van der Waals surface area contributed by atoms with Gasteiger partial charge in [-0.2, -0.15) is 0 Å². The summed E-state index contributed by atoms with van der Waals surface area (Å²) in [4.78, 5) is 34.6. The van der Waals surface area contributed by atoms with Crippen LogP contribution in [0.15, 0.2) is 59.4 Å². The largest absolute Gasteiger partial charge is 0.396 e. The molecule has 38 heavy (non-hydrogen) atoms. The molecule has 202 valence electrons. The van der Waals surface area contributed by atoms with E-state index >= 15 is 0 Å². The Balaban J connectivity index is 1.35. The maximum atomic E-state index is 12.8. The quantitative estimate of drug-likeness (QED) is 0.298. The monoisotopic (exact) mass is 535 g/mol. The zero-order chi connectivity index (χ0) is 26.7. The second kappa shape index (κ2) is 13.9. The molecule has 3 amide bonds. The number of hydrogen-bond donors (Lipinski definition) is 4. The van der Waals surface area contributed by atoms with Crippen LogP contribution in [0.2, 0.25) is 0 Å². The molecule has 0 spiro atoms. The highest BCUT2D eigenvalue weighted by atomic mass is 32.1. The fourth-order valence-corrected chi connectivity index (χ4v) is 5.10. The van der Waals surface area contributed by atoms with Crippen LogP contribution in [0.3, 0.4) is 0 Å². The number of carbonyl (C=O) groups excluding carboxylic acids is 2. The Morgan fingerprint density at radius 2 is 1.87 bits per heavy atom. The summed E-state index contributed by atoms with van der Waals surface area (Å²) < 4.78 is 0. The number of piperazine rings is 1. The maximum Gasteiger partial charge on any atom is 0.315 e. The topological polar surface area (TPSA) is 116 Å². The Morgan fingerprint density at radius 3 is 2.55 bits per heavy atom. The number of nitrogens with one attached hydrogen (secondary N) is 3. The third-order valence-corrected chi connectivity index (χ3v) is 7.53. The number of hydrogen-bond acceptors (Lipinski definition) is 7. The Labute approximate surface area is 228 Å². The minimum Gasteiger partial charge on any atom is -0.396 e. The molecule has 2 aromatic heterocycles. The Kier molecular flexibility index (Phi) is 10.1. The van der Waals surface area contributed by atoms with Gasteiger partial charge in [0.2, 0.25) is 0 Å². The average Bonchev–Trinajstić information content (AvgIpc) is 3.34. The highest BCUT2D eigenvalue weighted by Gasteiger charge is 2.19. The SMILES string of the molecule is CN1CCN(CCCC(NC(=O)NCCc2ccccc2)c2ccc(C(=O)Nc3cscc3N)nc2)CC1. The number of nitrogens with zero attached hydrogens (tertiary/aromatic N) is 3. The lowest BCUT2D eigenvalue weighted by molar-refractivity contribution is 0.102. The molecule has 1 aliphatic heterocycles. The summed E-state index contributed by atoms with van der Waals surface area (Å²) in [6.45, 7) is 5.82. The Hall–Kier alpha value is -3.47. The van der Waals surface area contributed by atoms with E-state index in [0.29, 0.717) is 23.6 Å². The van der Waals surface area contributed by atoms with Crippen LogP contribution in [0, 0.1) is 0 Å². The standard InChI is InChI=1S/C28H37N7O2S/c1-34-14-16-35(17-15-34)13-5-8-24(33-28(37)30-12-11-21-6-3-2-4-7-21)22-9-10-25(31-18-22)27(36)32-26-20-38-19-23(26)29/h2-4,6-7,9-10,18-20,24H,5,8,11-17,29H2,1H3,(H,32,36)(H2,30,33,37). The van der Waals surface area contributed by atoms with E-state index in [1.54, 1.807) is 23.0 Å². The summed E-state index contributed by atoms with van der Waals surface area (Å²) in [6.07, 6.45) is 4.16. The van der Waals surface area contributed by atoms with Gasteiger partial charge in [0, 0.05) is 49.7 Å². The van der Waals surface area contributed by atoms with Gasteiger partial charge in [-0.3, -0.25) is 9.78 Å². The predicted octanol–water partition coefficient (Wildman–Crippen LogP) is 3.59. The van der Waals surface area contributed by atoms with Crippen molar-refractivity contribution in [1.29, 1.82) is 0 Å². The third-order valence-electron chi connectivity index (χ3n) is 6.77. The summed E-state index contributed by atoms with van der Waals surface area (Å²) >= 11 is 1.43. The second-order valence-corrected chi connectivity index (χ2v) is 10.4. The summed E-state index contributed by atoms with van der Waals surface area (Å²) in [5.74, 6) is -0.320.